The molecule has 2 aliphatic heterocycles. The van der Waals surface area contributed by atoms with Crippen LogP contribution < -0.4 is 15.5 Å². The van der Waals surface area contributed by atoms with Crippen molar-refractivity contribution in [3.05, 3.63) is 29.8 Å². The smallest absolute Gasteiger partial charge is 0.357 e. The molecule has 2 N–H and O–H groups in total. The summed E-state index contributed by atoms with van der Waals surface area (Å²) in [6, 6.07) is 7.76. The molecular weight excluding hydrogens is 522 g/mol. The van der Waals surface area contributed by atoms with Crippen LogP contribution in [0.5, 0.6) is 0 Å². The zero-order chi connectivity index (χ0) is 21.6. The standard InChI is InChI=1S/C21H30F3N5O.HI/c1-2-25-20(27-17-10-12-28(14-17)15-21(22,23)24)26-13-16-6-8-18(9-7-16)29-11-4-3-5-19(29)30;/h6-9,17H,2-5,10-15H2,1H3,(H2,25,26,27);1H. The second-order valence-corrected chi connectivity index (χ2v) is 7.84. The number of alkyl halides is 3. The van der Waals surface area contributed by atoms with E-state index in [0.717, 1.165) is 30.6 Å². The molecule has 1 aromatic rings. The minimum atomic E-state index is -4.17. The Bertz CT molecular complexity index is 742. The van der Waals surface area contributed by atoms with Crippen LogP contribution in [-0.2, 0) is 11.3 Å². The molecule has 0 aliphatic carbocycles. The molecule has 31 heavy (non-hydrogen) atoms. The van der Waals surface area contributed by atoms with Gasteiger partial charge >= 0.3 is 6.18 Å². The van der Waals surface area contributed by atoms with Crippen LogP contribution in [0.15, 0.2) is 29.3 Å². The third-order valence-electron chi connectivity index (χ3n) is 5.35. The number of carbonyl (C=O) groups is 1. The highest BCUT2D eigenvalue weighted by Gasteiger charge is 2.34. The van der Waals surface area contributed by atoms with Gasteiger partial charge in [-0.3, -0.25) is 9.69 Å². The lowest BCUT2D eigenvalue weighted by atomic mass is 10.1. The highest BCUT2D eigenvalue weighted by Crippen LogP contribution is 2.22. The molecule has 174 valence electrons. The number of likely N-dealkylation sites (tertiary alicyclic amines) is 1. The van der Waals surface area contributed by atoms with Gasteiger partial charge in [0.1, 0.15) is 0 Å². The summed E-state index contributed by atoms with van der Waals surface area (Å²) >= 11 is 0. The highest BCUT2D eigenvalue weighted by atomic mass is 127. The lowest BCUT2D eigenvalue weighted by Crippen LogP contribution is -2.45. The summed E-state index contributed by atoms with van der Waals surface area (Å²) in [4.78, 5) is 19.9. The van der Waals surface area contributed by atoms with E-state index in [1.165, 1.54) is 4.90 Å². The summed E-state index contributed by atoms with van der Waals surface area (Å²) < 4.78 is 37.7. The summed E-state index contributed by atoms with van der Waals surface area (Å²) in [7, 11) is 0. The Morgan fingerprint density at radius 2 is 1.94 bits per heavy atom. The van der Waals surface area contributed by atoms with Crippen LogP contribution in [0, 0.1) is 0 Å². The minimum absolute atomic E-state index is 0. The monoisotopic (exact) mass is 553 g/mol. The Hall–Kier alpha value is -1.56. The number of hydrogen-bond acceptors (Lipinski definition) is 3. The predicted octanol–water partition coefficient (Wildman–Crippen LogP) is 3.51. The van der Waals surface area contributed by atoms with Crippen molar-refractivity contribution in [2.24, 2.45) is 4.99 Å². The zero-order valence-corrected chi connectivity index (χ0v) is 20.1. The molecule has 1 amide bonds. The minimum Gasteiger partial charge on any atom is -0.357 e. The number of carbonyl (C=O) groups excluding carboxylic acids is 1. The molecule has 0 spiro atoms. The molecule has 0 bridgehead atoms. The van der Waals surface area contributed by atoms with Gasteiger partial charge in [0, 0.05) is 44.3 Å². The van der Waals surface area contributed by atoms with Gasteiger partial charge in [0.05, 0.1) is 13.1 Å². The van der Waals surface area contributed by atoms with Crippen LogP contribution in [-0.4, -0.2) is 61.7 Å². The van der Waals surface area contributed by atoms with Crippen LogP contribution >= 0.6 is 24.0 Å². The van der Waals surface area contributed by atoms with Gasteiger partial charge in [-0.1, -0.05) is 12.1 Å². The summed E-state index contributed by atoms with van der Waals surface area (Å²) in [6.07, 6.45) is -0.933. The molecule has 2 fully saturated rings. The summed E-state index contributed by atoms with van der Waals surface area (Å²) in [6.45, 7) is 3.73. The van der Waals surface area contributed by atoms with Gasteiger partial charge in [-0.25, -0.2) is 4.99 Å². The molecule has 0 radical (unpaired) electrons. The number of piperidine rings is 1. The third-order valence-corrected chi connectivity index (χ3v) is 5.35. The van der Waals surface area contributed by atoms with Crippen molar-refractivity contribution in [1.82, 2.24) is 15.5 Å². The molecule has 1 unspecified atom stereocenters. The normalized spacial score (nSPS) is 20.5. The maximum absolute atomic E-state index is 12.6. The van der Waals surface area contributed by atoms with E-state index in [0.29, 0.717) is 45.0 Å². The van der Waals surface area contributed by atoms with Crippen LogP contribution in [0.25, 0.3) is 0 Å². The first-order chi connectivity index (χ1) is 14.3. The fraction of sp³-hybridized carbons (Fsp3) is 0.619. The van der Waals surface area contributed by atoms with Gasteiger partial charge in [-0.2, -0.15) is 13.2 Å². The Morgan fingerprint density at radius 1 is 1.19 bits per heavy atom. The molecular formula is C21H31F3IN5O. The van der Waals surface area contributed by atoms with Crippen molar-refractivity contribution in [2.75, 3.05) is 37.6 Å². The van der Waals surface area contributed by atoms with Crippen molar-refractivity contribution in [1.29, 1.82) is 0 Å². The van der Waals surface area contributed by atoms with Crippen LogP contribution in [0.3, 0.4) is 0 Å². The molecule has 2 aliphatic rings. The Morgan fingerprint density at radius 3 is 2.58 bits per heavy atom. The quantitative estimate of drug-likeness (QED) is 0.322. The average molecular weight is 553 g/mol. The van der Waals surface area contributed by atoms with Gasteiger partial charge in [0.15, 0.2) is 5.96 Å². The molecule has 0 aromatic heterocycles. The molecule has 6 nitrogen and oxygen atoms in total. The van der Waals surface area contributed by atoms with Crippen molar-refractivity contribution in [3.63, 3.8) is 0 Å². The number of rotatable bonds is 6. The number of halogens is 4. The van der Waals surface area contributed by atoms with Gasteiger partial charge in [0.2, 0.25) is 5.91 Å². The Kier molecular flexibility index (Phi) is 9.86. The SMILES string of the molecule is CCNC(=NCc1ccc(N2CCCCC2=O)cc1)NC1CCN(CC(F)(F)F)C1.I. The first-order valence-electron chi connectivity index (χ1n) is 10.6. The topological polar surface area (TPSA) is 60.0 Å². The van der Waals surface area contributed by atoms with Gasteiger partial charge in [0.25, 0.3) is 0 Å². The van der Waals surface area contributed by atoms with Gasteiger partial charge in [-0.15, -0.1) is 24.0 Å². The van der Waals surface area contributed by atoms with Crippen LogP contribution in [0.1, 0.15) is 38.2 Å². The number of nitrogens with zero attached hydrogens (tertiary/aromatic N) is 3. The van der Waals surface area contributed by atoms with Gasteiger partial charge in [-0.05, 0) is 43.9 Å². The van der Waals surface area contributed by atoms with E-state index >= 15 is 0 Å². The average Bonchev–Trinajstić information content (AvgIpc) is 3.12. The second kappa shape index (κ2) is 11.9. The van der Waals surface area contributed by atoms with E-state index in [-0.39, 0.29) is 35.9 Å². The van der Waals surface area contributed by atoms with Crippen LogP contribution in [0.2, 0.25) is 0 Å². The van der Waals surface area contributed by atoms with Crippen molar-refractivity contribution in [2.45, 2.75) is 51.4 Å². The first kappa shape index (κ1) is 25.7. The summed E-state index contributed by atoms with van der Waals surface area (Å²) in [5.41, 5.74) is 1.92. The molecule has 1 aromatic carbocycles. The maximum atomic E-state index is 12.6. The predicted molar refractivity (Wildman–Crippen MR) is 127 cm³/mol. The number of amides is 1. The maximum Gasteiger partial charge on any atom is 0.401 e. The zero-order valence-electron chi connectivity index (χ0n) is 17.7. The summed E-state index contributed by atoms with van der Waals surface area (Å²) in [5, 5.41) is 6.41. The number of nitrogens with one attached hydrogen (secondary N) is 2. The van der Waals surface area contributed by atoms with Crippen molar-refractivity contribution < 1.29 is 18.0 Å². The fourth-order valence-electron chi connectivity index (χ4n) is 3.89. The number of benzene rings is 1. The highest BCUT2D eigenvalue weighted by molar-refractivity contribution is 14.0. The summed E-state index contributed by atoms with van der Waals surface area (Å²) in [5.74, 6) is 0.772. The largest absolute Gasteiger partial charge is 0.401 e. The second-order valence-electron chi connectivity index (χ2n) is 7.84. The molecule has 2 saturated heterocycles. The van der Waals surface area contributed by atoms with E-state index in [1.54, 1.807) is 0 Å². The first-order valence-corrected chi connectivity index (χ1v) is 10.6. The number of guanidine groups is 1. The molecule has 1 atom stereocenters. The van der Waals surface area contributed by atoms with Gasteiger partial charge < -0.3 is 15.5 Å². The molecule has 3 rings (SSSR count). The third kappa shape index (κ3) is 8.13. The van der Waals surface area contributed by atoms with Crippen molar-refractivity contribution in [3.8, 4) is 0 Å². The number of anilines is 1. The molecule has 0 saturated carbocycles. The van der Waals surface area contributed by atoms with E-state index in [9.17, 15) is 18.0 Å². The van der Waals surface area contributed by atoms with Crippen LogP contribution in [0.4, 0.5) is 18.9 Å². The molecule has 2 heterocycles. The number of hydrogen-bond donors (Lipinski definition) is 2. The Labute approximate surface area is 198 Å². The fourth-order valence-corrected chi connectivity index (χ4v) is 3.89. The lowest BCUT2D eigenvalue weighted by molar-refractivity contribution is -0.143. The van der Waals surface area contributed by atoms with Crippen molar-refractivity contribution >= 4 is 41.5 Å². The van der Waals surface area contributed by atoms with E-state index in [2.05, 4.69) is 15.6 Å². The van der Waals surface area contributed by atoms with E-state index in [1.807, 2.05) is 36.1 Å². The van der Waals surface area contributed by atoms with E-state index < -0.39 is 12.7 Å². The van der Waals surface area contributed by atoms with E-state index in [4.69, 9.17) is 0 Å². The molecule has 10 heteroatoms. The number of aliphatic imine (C=N–C) groups is 1. The Balaban J connectivity index is 0.00000341. The lowest BCUT2D eigenvalue weighted by Gasteiger charge is -2.26.